The second kappa shape index (κ2) is 2.91. The molecular weight excluding hydrogens is 156 g/mol. The monoisotopic (exact) mass is 162 g/mol. The lowest BCUT2D eigenvalue weighted by molar-refractivity contribution is 1.45. The summed E-state index contributed by atoms with van der Waals surface area (Å²) < 4.78 is 0. The maximum atomic E-state index is 6.92. The fourth-order valence-corrected chi connectivity index (χ4v) is 0.521. The van der Waals surface area contributed by atoms with Gasteiger partial charge in [0, 0.05) is 11.0 Å². The van der Waals surface area contributed by atoms with Crippen LogP contribution in [-0.2, 0) is 0 Å². The first-order valence-electron chi connectivity index (χ1n) is 1.87. The highest BCUT2D eigenvalue weighted by atomic mass is 79.9. The summed E-state index contributed by atoms with van der Waals surface area (Å²) in [5.41, 5.74) is 0.678. The Kier molecular flexibility index (Phi) is 2.83. The summed E-state index contributed by atoms with van der Waals surface area (Å²) in [5.74, 6) is 0. The lowest BCUT2D eigenvalue weighted by atomic mass is 10.3. The van der Waals surface area contributed by atoms with Gasteiger partial charge in [-0.05, 0) is 6.92 Å². The lowest BCUT2D eigenvalue weighted by Gasteiger charge is -1.89. The minimum atomic E-state index is 0.330. The molecule has 0 atom stereocenters. The Morgan fingerprint density at radius 2 is 2.00 bits per heavy atom. The van der Waals surface area contributed by atoms with E-state index < -0.39 is 0 Å². The molecule has 2 nitrogen and oxygen atoms in total. The molecule has 0 spiro atoms. The molecule has 40 valence electrons. The topological polar surface area (TPSA) is 47.7 Å². The summed E-state index contributed by atoms with van der Waals surface area (Å²) in [7, 11) is 0. The standard InChI is InChI=1S/C4H7BrN2/c1-3(6)4(7)2-5/h6-7H,2H2,1H3. The predicted octanol–water partition coefficient (Wildman–Crippen LogP) is 1.44. The van der Waals surface area contributed by atoms with E-state index in [9.17, 15) is 0 Å². The summed E-state index contributed by atoms with van der Waals surface area (Å²) in [6.07, 6.45) is 0. The van der Waals surface area contributed by atoms with Gasteiger partial charge in [0.15, 0.2) is 0 Å². The summed E-state index contributed by atoms with van der Waals surface area (Å²) in [5, 5.41) is 14.3. The zero-order valence-corrected chi connectivity index (χ0v) is 5.67. The van der Waals surface area contributed by atoms with E-state index >= 15 is 0 Å². The number of hydrogen-bond acceptors (Lipinski definition) is 2. The molecule has 0 aliphatic rings. The second-order valence-corrected chi connectivity index (χ2v) is 1.80. The quantitative estimate of drug-likeness (QED) is 0.457. The van der Waals surface area contributed by atoms with E-state index in [1.165, 1.54) is 0 Å². The van der Waals surface area contributed by atoms with Crippen molar-refractivity contribution in [2.24, 2.45) is 0 Å². The minimum Gasteiger partial charge on any atom is -0.304 e. The maximum Gasteiger partial charge on any atom is 0.0623 e. The predicted molar refractivity (Wildman–Crippen MR) is 34.9 cm³/mol. The van der Waals surface area contributed by atoms with E-state index in [2.05, 4.69) is 15.9 Å². The van der Waals surface area contributed by atoms with Crippen LogP contribution in [0.4, 0.5) is 0 Å². The number of halogens is 1. The van der Waals surface area contributed by atoms with Crippen molar-refractivity contribution in [3.05, 3.63) is 0 Å². The number of rotatable bonds is 2. The molecule has 0 amide bonds. The van der Waals surface area contributed by atoms with E-state index in [0.29, 0.717) is 16.8 Å². The summed E-state index contributed by atoms with van der Waals surface area (Å²) in [6.45, 7) is 1.60. The SMILES string of the molecule is CC(=N)C(=N)CBr. The van der Waals surface area contributed by atoms with Gasteiger partial charge < -0.3 is 10.8 Å². The van der Waals surface area contributed by atoms with Crippen LogP contribution in [0.1, 0.15) is 6.92 Å². The fraction of sp³-hybridized carbons (Fsp3) is 0.500. The molecule has 7 heavy (non-hydrogen) atoms. The van der Waals surface area contributed by atoms with Gasteiger partial charge in [-0.2, -0.15) is 0 Å². The van der Waals surface area contributed by atoms with Crippen molar-refractivity contribution >= 4 is 27.4 Å². The first-order chi connectivity index (χ1) is 3.18. The number of hydrogen-bond donors (Lipinski definition) is 2. The van der Waals surface area contributed by atoms with Crippen molar-refractivity contribution in [3.8, 4) is 0 Å². The van der Waals surface area contributed by atoms with Gasteiger partial charge >= 0.3 is 0 Å². The van der Waals surface area contributed by atoms with Crippen LogP contribution in [0.25, 0.3) is 0 Å². The van der Waals surface area contributed by atoms with Crippen LogP contribution in [0.5, 0.6) is 0 Å². The molecule has 0 bridgehead atoms. The van der Waals surface area contributed by atoms with Crippen molar-refractivity contribution in [2.45, 2.75) is 6.92 Å². The van der Waals surface area contributed by atoms with Crippen molar-refractivity contribution in [2.75, 3.05) is 5.33 Å². The average molecular weight is 163 g/mol. The summed E-state index contributed by atoms with van der Waals surface area (Å²) >= 11 is 3.05. The maximum absolute atomic E-state index is 6.92. The van der Waals surface area contributed by atoms with Gasteiger partial charge in [0.25, 0.3) is 0 Å². The average Bonchev–Trinajstić information content (AvgIpc) is 1.65. The van der Waals surface area contributed by atoms with E-state index in [0.717, 1.165) is 0 Å². The molecule has 0 heterocycles. The third-order valence-corrected chi connectivity index (χ3v) is 1.15. The molecule has 3 heteroatoms. The number of nitrogens with one attached hydrogen (secondary N) is 2. The Labute approximate surface area is 51.1 Å². The minimum absolute atomic E-state index is 0.330. The first-order valence-corrected chi connectivity index (χ1v) is 2.99. The van der Waals surface area contributed by atoms with Crippen LogP contribution in [0, 0.1) is 10.8 Å². The third-order valence-electron chi connectivity index (χ3n) is 0.586. The van der Waals surface area contributed by atoms with Gasteiger partial charge in [0.2, 0.25) is 0 Å². The Morgan fingerprint density at radius 3 is 2.00 bits per heavy atom. The molecule has 0 saturated carbocycles. The van der Waals surface area contributed by atoms with E-state index in [4.69, 9.17) is 10.8 Å². The van der Waals surface area contributed by atoms with E-state index in [-0.39, 0.29) is 0 Å². The lowest BCUT2D eigenvalue weighted by Crippen LogP contribution is -2.07. The molecule has 0 fully saturated rings. The molecule has 0 rings (SSSR count). The molecule has 0 aliphatic carbocycles. The van der Waals surface area contributed by atoms with Gasteiger partial charge in [-0.3, -0.25) is 0 Å². The van der Waals surface area contributed by atoms with Crippen molar-refractivity contribution in [1.29, 1.82) is 10.8 Å². The van der Waals surface area contributed by atoms with Crippen LogP contribution in [0.15, 0.2) is 0 Å². The molecule has 0 unspecified atom stereocenters. The van der Waals surface area contributed by atoms with Gasteiger partial charge in [-0.15, -0.1) is 0 Å². The van der Waals surface area contributed by atoms with E-state index in [1.807, 2.05) is 0 Å². The zero-order chi connectivity index (χ0) is 5.86. The Hall–Kier alpha value is -0.180. The Morgan fingerprint density at radius 1 is 1.57 bits per heavy atom. The highest BCUT2D eigenvalue weighted by molar-refractivity contribution is 9.09. The van der Waals surface area contributed by atoms with Crippen LogP contribution >= 0.6 is 15.9 Å². The van der Waals surface area contributed by atoms with Gasteiger partial charge in [-0.1, -0.05) is 15.9 Å². The molecule has 0 aromatic heterocycles. The highest BCUT2D eigenvalue weighted by Crippen LogP contribution is 1.83. The summed E-state index contributed by atoms with van der Waals surface area (Å²) in [6, 6.07) is 0. The van der Waals surface area contributed by atoms with Crippen molar-refractivity contribution < 1.29 is 0 Å². The van der Waals surface area contributed by atoms with Crippen molar-refractivity contribution in [3.63, 3.8) is 0 Å². The van der Waals surface area contributed by atoms with Crippen LogP contribution in [0.2, 0.25) is 0 Å². The summed E-state index contributed by atoms with van der Waals surface area (Å²) in [4.78, 5) is 0. The smallest absolute Gasteiger partial charge is 0.0623 e. The fourth-order valence-electron chi connectivity index (χ4n) is 0.100. The van der Waals surface area contributed by atoms with Crippen LogP contribution < -0.4 is 0 Å². The highest BCUT2D eigenvalue weighted by Gasteiger charge is 1.92. The first kappa shape index (κ1) is 6.82. The Balaban J connectivity index is 3.58. The van der Waals surface area contributed by atoms with Crippen LogP contribution in [0.3, 0.4) is 0 Å². The molecule has 0 radical (unpaired) electrons. The largest absolute Gasteiger partial charge is 0.304 e. The van der Waals surface area contributed by atoms with Crippen molar-refractivity contribution in [1.82, 2.24) is 0 Å². The molecule has 0 aromatic carbocycles. The van der Waals surface area contributed by atoms with Crippen LogP contribution in [-0.4, -0.2) is 16.8 Å². The third kappa shape index (κ3) is 2.51. The molecule has 0 aromatic rings. The van der Waals surface area contributed by atoms with E-state index in [1.54, 1.807) is 6.92 Å². The van der Waals surface area contributed by atoms with Gasteiger partial charge in [-0.25, -0.2) is 0 Å². The second-order valence-electron chi connectivity index (χ2n) is 1.24. The Bertz CT molecular complexity index is 97.9. The molecule has 0 aliphatic heterocycles. The van der Waals surface area contributed by atoms with Gasteiger partial charge in [0.1, 0.15) is 0 Å². The molecule has 2 N–H and O–H groups in total. The molecule has 0 saturated heterocycles. The molecular formula is C4H7BrN2. The normalized spacial score (nSPS) is 8.29. The van der Waals surface area contributed by atoms with Gasteiger partial charge in [0.05, 0.1) is 5.71 Å². The number of alkyl halides is 1. The zero-order valence-electron chi connectivity index (χ0n) is 4.09.